The van der Waals surface area contributed by atoms with Crippen molar-refractivity contribution in [3.8, 4) is 34.8 Å². The first-order chi connectivity index (χ1) is 40.5. The molecule has 418 valence electrons. The van der Waals surface area contributed by atoms with Gasteiger partial charge in [0, 0.05) is 72.5 Å². The molecule has 1 aliphatic rings. The first-order valence-corrected chi connectivity index (χ1v) is 27.5. The number of aldehydes is 1. The number of hydrogen-bond acceptors (Lipinski definition) is 19. The number of nitrogen functional groups attached to an aromatic ring is 2. The van der Waals surface area contributed by atoms with E-state index in [4.69, 9.17) is 35.7 Å². The lowest BCUT2D eigenvalue weighted by atomic mass is 10.1. The third kappa shape index (κ3) is 16.8. The van der Waals surface area contributed by atoms with Gasteiger partial charge in [-0.2, -0.15) is 10.2 Å². The molecule has 0 aliphatic carbocycles. The maximum atomic E-state index is 13.1. The zero-order valence-electron chi connectivity index (χ0n) is 44.0. The molecular formula is C60H50F3N13O5S2. The Hall–Kier alpha value is -9.89. The summed E-state index contributed by atoms with van der Waals surface area (Å²) in [5.41, 5.74) is 16.2. The summed E-state index contributed by atoms with van der Waals surface area (Å²) < 4.78 is 62.2. The number of hydrogen-bond donors (Lipinski definition) is 3. The molecule has 23 heteroatoms. The van der Waals surface area contributed by atoms with Gasteiger partial charge in [-0.15, -0.1) is 0 Å². The van der Waals surface area contributed by atoms with E-state index in [1.807, 2.05) is 71.3 Å². The van der Waals surface area contributed by atoms with Crippen LogP contribution in [0.1, 0.15) is 34.3 Å². The monoisotopic (exact) mass is 1150 g/mol. The predicted molar refractivity (Wildman–Crippen MR) is 312 cm³/mol. The van der Waals surface area contributed by atoms with Gasteiger partial charge in [0.05, 0.1) is 5.56 Å². The van der Waals surface area contributed by atoms with E-state index in [0.29, 0.717) is 79.6 Å². The summed E-state index contributed by atoms with van der Waals surface area (Å²) in [5, 5.41) is 14.3. The topological polar surface area (TPSA) is 249 Å². The fourth-order valence-corrected chi connectivity index (χ4v) is 9.24. The molecule has 5 aromatic carbocycles. The highest BCUT2D eigenvalue weighted by Crippen LogP contribution is 2.32. The number of nitriles is 1. The number of pyridine rings is 2. The van der Waals surface area contributed by atoms with Gasteiger partial charge in [-0.25, -0.2) is 48.1 Å². The number of carbonyl (C=O) groups is 1. The van der Waals surface area contributed by atoms with Gasteiger partial charge in [0.25, 0.3) is 0 Å². The van der Waals surface area contributed by atoms with Crippen LogP contribution < -0.4 is 31.0 Å². The highest BCUT2D eigenvalue weighted by atomic mass is 32.2. The second-order valence-corrected chi connectivity index (χ2v) is 19.6. The fourth-order valence-electron chi connectivity index (χ4n) is 7.70. The Morgan fingerprint density at radius 1 is 0.639 bits per heavy atom. The lowest BCUT2D eigenvalue weighted by Gasteiger charge is -2.23. The van der Waals surface area contributed by atoms with Crippen LogP contribution in [0.2, 0.25) is 0 Å². The first-order valence-electron chi connectivity index (χ1n) is 25.5. The average Bonchev–Trinajstić information content (AvgIpc) is 4.26. The number of anilines is 3. The minimum absolute atomic E-state index is 0.00830. The number of thioether (sulfide) groups is 2. The maximum absolute atomic E-state index is 13.1. The number of aromatic nitrogens is 9. The van der Waals surface area contributed by atoms with Crippen molar-refractivity contribution in [3.05, 3.63) is 211 Å². The van der Waals surface area contributed by atoms with Crippen molar-refractivity contribution < 1.29 is 36.9 Å². The molecule has 12 rings (SSSR count). The number of rotatable bonds is 15. The first kappa shape index (κ1) is 57.8. The van der Waals surface area contributed by atoms with Crippen LogP contribution in [0.5, 0.6) is 28.7 Å². The Morgan fingerprint density at radius 2 is 1.19 bits per heavy atom. The van der Waals surface area contributed by atoms with E-state index in [2.05, 4.69) is 57.3 Å². The number of fused-ring (bicyclic) bond motifs is 4. The molecule has 0 radical (unpaired) electrons. The van der Waals surface area contributed by atoms with E-state index in [9.17, 15) is 18.0 Å². The summed E-state index contributed by atoms with van der Waals surface area (Å²) >= 11 is 3.02. The zero-order valence-corrected chi connectivity index (χ0v) is 45.6. The summed E-state index contributed by atoms with van der Waals surface area (Å²) in [6.45, 7) is 1.49. The van der Waals surface area contributed by atoms with Crippen LogP contribution >= 0.6 is 23.5 Å². The molecule has 18 nitrogen and oxygen atoms in total. The van der Waals surface area contributed by atoms with Crippen molar-refractivity contribution in [2.45, 2.75) is 40.7 Å². The number of imidazole rings is 1. The van der Waals surface area contributed by atoms with Crippen molar-refractivity contribution in [2.24, 2.45) is 0 Å². The molecule has 7 heterocycles. The van der Waals surface area contributed by atoms with Crippen molar-refractivity contribution in [1.29, 1.82) is 5.26 Å². The van der Waals surface area contributed by atoms with E-state index < -0.39 is 0 Å². The lowest BCUT2D eigenvalue weighted by molar-refractivity contribution is 0.0903. The van der Waals surface area contributed by atoms with Crippen LogP contribution in [0.15, 0.2) is 187 Å². The Labute approximate surface area is 482 Å². The summed E-state index contributed by atoms with van der Waals surface area (Å²) in [6.07, 6.45) is 11.0. The highest BCUT2D eigenvalue weighted by molar-refractivity contribution is 7.98. The number of ether oxygens (including phenoxy) is 4. The standard InChI is InChI=1S/C20H18FN5O2.C20H15FN4OS.C12H11N3OS.C8H6FNO/c21-14-1-3-16(4-2-14)28-17-11-13-12-23-20(24-15-5-9-27-10-6-15)25-18(13)26-8-7-22-19(17)26;21-15-6-8-16(9-7-15)26-17-10-14-11-23-20(25-19(14)24-18(17)22)27-12-13-4-2-1-3-5-13;13-11-10(7-16)6-14-12(15-11)17-8-9-4-2-1-3-5-9;9-7-1-3-8(4-2-7)11-6-5-10/h1-4,7-8,11-12,15H,5-6,9-10H2,(H,23,24,25);1-11H,12H2,(H2,22,23,24,25);1-7H,8H2,(H2,13,14,15);1-4H,6H2. The summed E-state index contributed by atoms with van der Waals surface area (Å²) in [7, 11) is 0. The van der Waals surface area contributed by atoms with E-state index in [1.165, 1.54) is 102 Å². The maximum Gasteiger partial charge on any atom is 0.224 e. The molecule has 6 aromatic heterocycles. The molecule has 0 spiro atoms. The Kier molecular flexibility index (Phi) is 20.2. The average molecular weight is 1150 g/mol. The summed E-state index contributed by atoms with van der Waals surface area (Å²) in [5.74, 6) is 4.06. The number of halogens is 3. The van der Waals surface area contributed by atoms with Crippen LogP contribution in [-0.2, 0) is 16.2 Å². The number of nitrogens with two attached hydrogens (primary N) is 2. The smallest absolute Gasteiger partial charge is 0.224 e. The lowest BCUT2D eigenvalue weighted by Crippen LogP contribution is -2.28. The third-order valence-corrected chi connectivity index (χ3v) is 13.7. The number of nitrogens with zero attached hydrogens (tertiary/aromatic N) is 10. The van der Waals surface area contributed by atoms with Gasteiger partial charge in [0.1, 0.15) is 46.6 Å². The van der Waals surface area contributed by atoms with E-state index in [-0.39, 0.29) is 35.7 Å². The van der Waals surface area contributed by atoms with Crippen LogP contribution in [0.25, 0.3) is 27.7 Å². The molecule has 0 saturated carbocycles. The van der Waals surface area contributed by atoms with Crippen molar-refractivity contribution in [2.75, 3.05) is 36.6 Å². The van der Waals surface area contributed by atoms with Crippen LogP contribution in [-0.4, -0.2) is 76.4 Å². The van der Waals surface area contributed by atoms with Crippen molar-refractivity contribution >= 4 is 75.1 Å². The van der Waals surface area contributed by atoms with E-state index >= 15 is 0 Å². The predicted octanol–water partition coefficient (Wildman–Crippen LogP) is 12.5. The minimum Gasteiger partial charge on any atom is -0.479 e. The van der Waals surface area contributed by atoms with Gasteiger partial charge >= 0.3 is 0 Å². The van der Waals surface area contributed by atoms with Gasteiger partial charge in [0.15, 0.2) is 57.5 Å². The van der Waals surface area contributed by atoms with Gasteiger partial charge in [-0.05, 0) is 109 Å². The molecule has 0 amide bonds. The van der Waals surface area contributed by atoms with Gasteiger partial charge in [-0.1, -0.05) is 84.2 Å². The van der Waals surface area contributed by atoms with Gasteiger partial charge < -0.3 is 35.7 Å². The molecule has 5 N–H and O–H groups in total. The van der Waals surface area contributed by atoms with Crippen LogP contribution in [0, 0.1) is 28.8 Å². The molecule has 0 bridgehead atoms. The van der Waals surface area contributed by atoms with E-state index in [0.717, 1.165) is 48.6 Å². The largest absolute Gasteiger partial charge is 0.479 e. The van der Waals surface area contributed by atoms with Crippen molar-refractivity contribution in [1.82, 2.24) is 44.3 Å². The second kappa shape index (κ2) is 29.0. The Bertz CT molecular complexity index is 3940. The quantitative estimate of drug-likeness (QED) is 0.0490. The second-order valence-electron chi connectivity index (χ2n) is 17.7. The summed E-state index contributed by atoms with van der Waals surface area (Å²) in [4.78, 5) is 45.4. The normalized spacial score (nSPS) is 11.9. The fraction of sp³-hybridized carbons (Fsp3) is 0.133. The number of nitrogens with one attached hydrogen (secondary N) is 1. The highest BCUT2D eigenvalue weighted by Gasteiger charge is 2.17. The van der Waals surface area contributed by atoms with Gasteiger partial charge in [0.2, 0.25) is 5.95 Å². The molecule has 1 aliphatic heterocycles. The number of carbonyl (C=O) groups excluding carboxylic acids is 1. The summed E-state index contributed by atoms with van der Waals surface area (Å²) in [6, 6.07) is 42.9. The molecule has 0 atom stereocenters. The zero-order chi connectivity index (χ0) is 57.8. The minimum atomic E-state index is -0.333. The molecule has 0 unspecified atom stereocenters. The van der Waals surface area contributed by atoms with Crippen LogP contribution in [0.3, 0.4) is 0 Å². The van der Waals surface area contributed by atoms with Crippen molar-refractivity contribution in [3.63, 3.8) is 0 Å². The molecule has 83 heavy (non-hydrogen) atoms. The molecule has 1 saturated heterocycles. The molecular weight excluding hydrogens is 1100 g/mol. The Balaban J connectivity index is 0.000000140. The molecule has 11 aromatic rings. The van der Waals surface area contributed by atoms with Gasteiger partial charge in [-0.3, -0.25) is 9.20 Å². The SMILES string of the molecule is Fc1ccc(Oc2cc3cnc(NC4CCOCC4)nc3n3ccnc23)cc1.N#CCOc1ccc(F)cc1.Nc1nc(SCc2ccccc2)ncc1C=O.Nc1nc2nc(SCc3ccccc3)ncc2cc1Oc1ccc(F)cc1. The number of benzene rings is 5. The van der Waals surface area contributed by atoms with E-state index in [1.54, 1.807) is 36.8 Å². The van der Waals surface area contributed by atoms with Crippen LogP contribution in [0.4, 0.5) is 30.8 Å². The molecule has 1 fully saturated rings. The Morgan fingerprint density at radius 3 is 1.78 bits per heavy atom. The third-order valence-electron chi connectivity index (χ3n) is 11.8.